The Morgan fingerprint density at radius 1 is 0.893 bits per heavy atom. The zero-order valence-corrected chi connectivity index (χ0v) is 15.6. The van der Waals surface area contributed by atoms with E-state index in [1.54, 1.807) is 12.1 Å². The minimum absolute atomic E-state index is 0.433. The Balaban J connectivity index is 1.35. The lowest BCUT2D eigenvalue weighted by atomic mass is 10.2. The lowest BCUT2D eigenvalue weighted by Gasteiger charge is -2.36. The zero-order valence-electron chi connectivity index (χ0n) is 15.6. The molecule has 0 unspecified atom stereocenters. The van der Waals surface area contributed by atoms with Crippen LogP contribution in [0.5, 0.6) is 0 Å². The van der Waals surface area contributed by atoms with Crippen LogP contribution in [0.4, 0.5) is 20.3 Å². The number of aromatic nitrogens is 2. The Labute approximate surface area is 163 Å². The monoisotopic (exact) mass is 383 g/mol. The molecule has 2 heterocycles. The molecule has 28 heavy (non-hydrogen) atoms. The molecule has 0 radical (unpaired) electrons. The van der Waals surface area contributed by atoms with Gasteiger partial charge in [0, 0.05) is 50.3 Å². The van der Waals surface area contributed by atoms with Crippen LogP contribution in [-0.4, -0.2) is 54.1 Å². The topological polar surface area (TPSA) is 44.3 Å². The molecule has 7 heteroatoms. The van der Waals surface area contributed by atoms with Crippen LogP contribution < -0.4 is 10.2 Å². The molecule has 1 fully saturated rings. The summed E-state index contributed by atoms with van der Waals surface area (Å²) >= 11 is 0. The number of benzene rings is 2. The summed E-state index contributed by atoms with van der Waals surface area (Å²) in [6, 6.07) is 17.7. The largest absolute Gasteiger partial charge is 0.369 e. The molecule has 146 valence electrons. The number of halogens is 2. The van der Waals surface area contributed by atoms with Crippen molar-refractivity contribution in [3.63, 3.8) is 0 Å². The van der Waals surface area contributed by atoms with E-state index in [0.29, 0.717) is 17.9 Å². The first-order valence-corrected chi connectivity index (χ1v) is 9.52. The third-order valence-electron chi connectivity index (χ3n) is 5.03. The number of anilines is 2. The predicted octanol–water partition coefficient (Wildman–Crippen LogP) is 3.80. The van der Waals surface area contributed by atoms with Gasteiger partial charge in [-0.25, -0.2) is 18.7 Å². The third-order valence-corrected chi connectivity index (χ3v) is 5.03. The fraction of sp³-hybridized carbons (Fsp3) is 0.333. The molecule has 1 aromatic heterocycles. The molecule has 5 nitrogen and oxygen atoms in total. The fourth-order valence-corrected chi connectivity index (χ4v) is 3.53. The smallest absolute Gasteiger partial charge is 0.297 e. The van der Waals surface area contributed by atoms with E-state index in [2.05, 4.69) is 49.4 Å². The SMILES string of the molecule is FC(F)c1nc(NCCN2CCN(c3ccccc3)CC2)c2ccccc2n1. The van der Waals surface area contributed by atoms with Crippen molar-refractivity contribution >= 4 is 22.4 Å². The molecule has 1 N–H and O–H groups in total. The van der Waals surface area contributed by atoms with Gasteiger partial charge in [-0.2, -0.15) is 0 Å². The van der Waals surface area contributed by atoms with Gasteiger partial charge in [-0.05, 0) is 24.3 Å². The minimum Gasteiger partial charge on any atom is -0.369 e. The Kier molecular flexibility index (Phi) is 5.62. The van der Waals surface area contributed by atoms with Crippen LogP contribution in [0, 0.1) is 0 Å². The predicted molar refractivity (Wildman–Crippen MR) is 108 cm³/mol. The second-order valence-electron chi connectivity index (χ2n) is 6.84. The first-order chi connectivity index (χ1) is 13.7. The van der Waals surface area contributed by atoms with Crippen LogP contribution in [-0.2, 0) is 0 Å². The van der Waals surface area contributed by atoms with Gasteiger partial charge in [-0.15, -0.1) is 0 Å². The number of nitrogens with one attached hydrogen (secondary N) is 1. The van der Waals surface area contributed by atoms with Gasteiger partial charge in [0.05, 0.1) is 5.52 Å². The molecule has 0 spiro atoms. The van der Waals surface area contributed by atoms with Gasteiger partial charge in [0.25, 0.3) is 6.43 Å². The first-order valence-electron chi connectivity index (χ1n) is 9.52. The summed E-state index contributed by atoms with van der Waals surface area (Å²) in [6.07, 6.45) is -2.68. The first kappa shape index (κ1) is 18.6. The number of nitrogens with zero attached hydrogens (tertiary/aromatic N) is 4. The molecular formula is C21H23F2N5. The summed E-state index contributed by atoms with van der Waals surface area (Å²) in [5.74, 6) is 0.0431. The number of hydrogen-bond donors (Lipinski definition) is 1. The van der Waals surface area contributed by atoms with E-state index in [0.717, 1.165) is 38.1 Å². The van der Waals surface area contributed by atoms with Gasteiger partial charge >= 0.3 is 0 Å². The lowest BCUT2D eigenvalue weighted by Crippen LogP contribution is -2.47. The number of piperazine rings is 1. The third kappa shape index (κ3) is 4.20. The van der Waals surface area contributed by atoms with Crippen molar-refractivity contribution in [3.05, 3.63) is 60.4 Å². The molecule has 0 saturated carbocycles. The van der Waals surface area contributed by atoms with Crippen LogP contribution in [0.3, 0.4) is 0 Å². The van der Waals surface area contributed by atoms with Crippen molar-refractivity contribution in [3.8, 4) is 0 Å². The molecule has 0 atom stereocenters. The van der Waals surface area contributed by atoms with E-state index >= 15 is 0 Å². The summed E-state index contributed by atoms with van der Waals surface area (Å²) in [4.78, 5) is 12.8. The van der Waals surface area contributed by atoms with Crippen molar-refractivity contribution in [2.24, 2.45) is 0 Å². The molecule has 4 rings (SSSR count). The zero-order chi connectivity index (χ0) is 19.3. The summed E-state index contributed by atoms with van der Waals surface area (Å²) in [6.45, 7) is 5.40. The van der Waals surface area contributed by atoms with Gasteiger partial charge in [-0.1, -0.05) is 30.3 Å². The van der Waals surface area contributed by atoms with E-state index in [1.165, 1.54) is 5.69 Å². The van der Waals surface area contributed by atoms with Gasteiger partial charge in [0.2, 0.25) is 0 Å². The van der Waals surface area contributed by atoms with Crippen molar-refractivity contribution in [2.75, 3.05) is 49.5 Å². The molecule has 1 aliphatic heterocycles. The maximum Gasteiger partial charge on any atom is 0.297 e. The maximum absolute atomic E-state index is 13.1. The molecule has 0 amide bonds. The van der Waals surface area contributed by atoms with Gasteiger partial charge in [0.1, 0.15) is 5.82 Å². The molecule has 2 aromatic carbocycles. The molecule has 1 saturated heterocycles. The normalized spacial score (nSPS) is 15.3. The highest BCUT2D eigenvalue weighted by atomic mass is 19.3. The van der Waals surface area contributed by atoms with Crippen LogP contribution in [0.2, 0.25) is 0 Å². The average molecular weight is 383 g/mol. The van der Waals surface area contributed by atoms with Crippen LogP contribution in [0.15, 0.2) is 54.6 Å². The summed E-state index contributed by atoms with van der Waals surface area (Å²) in [7, 11) is 0. The highest BCUT2D eigenvalue weighted by molar-refractivity contribution is 5.89. The van der Waals surface area contributed by atoms with Crippen molar-refractivity contribution in [1.29, 1.82) is 0 Å². The van der Waals surface area contributed by atoms with Crippen LogP contribution in [0.1, 0.15) is 12.2 Å². The maximum atomic E-state index is 13.1. The Hall–Kier alpha value is -2.80. The van der Waals surface area contributed by atoms with E-state index in [1.807, 2.05) is 18.2 Å². The highest BCUT2D eigenvalue weighted by Gasteiger charge is 2.18. The number of alkyl halides is 2. The second-order valence-corrected chi connectivity index (χ2v) is 6.84. The molecule has 1 aliphatic rings. The second kappa shape index (κ2) is 8.48. The van der Waals surface area contributed by atoms with Crippen LogP contribution >= 0.6 is 0 Å². The molecule has 0 aliphatic carbocycles. The average Bonchev–Trinajstić information content (AvgIpc) is 2.74. The molecule has 0 bridgehead atoms. The Morgan fingerprint density at radius 2 is 1.61 bits per heavy atom. The quantitative estimate of drug-likeness (QED) is 0.701. The Morgan fingerprint density at radius 3 is 2.36 bits per heavy atom. The summed E-state index contributed by atoms with van der Waals surface area (Å²) in [5, 5.41) is 4.00. The van der Waals surface area contributed by atoms with E-state index < -0.39 is 12.2 Å². The Bertz CT molecular complexity index is 911. The van der Waals surface area contributed by atoms with Crippen molar-refractivity contribution in [2.45, 2.75) is 6.43 Å². The van der Waals surface area contributed by atoms with Gasteiger partial charge in [0.15, 0.2) is 5.82 Å². The van der Waals surface area contributed by atoms with Gasteiger partial charge < -0.3 is 10.2 Å². The lowest BCUT2D eigenvalue weighted by molar-refractivity contribution is 0.141. The fourth-order valence-electron chi connectivity index (χ4n) is 3.53. The van der Waals surface area contributed by atoms with Gasteiger partial charge in [-0.3, -0.25) is 4.90 Å². The summed E-state index contributed by atoms with van der Waals surface area (Å²) in [5.41, 5.74) is 1.79. The number of fused-ring (bicyclic) bond motifs is 1. The van der Waals surface area contributed by atoms with Crippen LogP contribution in [0.25, 0.3) is 10.9 Å². The summed E-state index contributed by atoms with van der Waals surface area (Å²) < 4.78 is 26.2. The highest BCUT2D eigenvalue weighted by Crippen LogP contribution is 2.24. The standard InChI is InChI=1S/C21H23F2N5/c22-19(23)21-25-18-9-5-4-8-17(18)20(26-21)24-10-11-27-12-14-28(15-13-27)16-6-2-1-3-7-16/h1-9,19H,10-15H2,(H,24,25,26). The number of hydrogen-bond acceptors (Lipinski definition) is 5. The molecule has 3 aromatic rings. The number of rotatable bonds is 6. The molecular weight excluding hydrogens is 360 g/mol. The van der Waals surface area contributed by atoms with E-state index in [4.69, 9.17) is 0 Å². The minimum atomic E-state index is -2.68. The van der Waals surface area contributed by atoms with Crippen molar-refractivity contribution in [1.82, 2.24) is 14.9 Å². The number of para-hydroxylation sites is 2. The van der Waals surface area contributed by atoms with E-state index in [-0.39, 0.29) is 0 Å². The van der Waals surface area contributed by atoms with Crippen molar-refractivity contribution < 1.29 is 8.78 Å². The van der Waals surface area contributed by atoms with E-state index in [9.17, 15) is 8.78 Å².